The lowest BCUT2D eigenvalue weighted by atomic mass is 10.1. The lowest BCUT2D eigenvalue weighted by molar-refractivity contribution is 0.267. The first-order chi connectivity index (χ1) is 11.6. The molecule has 0 spiro atoms. The number of hydrogen-bond donors (Lipinski definition) is 0. The monoisotopic (exact) mass is 323 g/mol. The largest absolute Gasteiger partial charge is 0.436 e. The van der Waals surface area contributed by atoms with Crippen molar-refractivity contribution < 1.29 is 4.42 Å². The van der Waals surface area contributed by atoms with E-state index in [4.69, 9.17) is 4.42 Å². The number of aromatic nitrogens is 1. The molecule has 1 aliphatic heterocycles. The highest BCUT2D eigenvalue weighted by molar-refractivity contribution is 6.08. The van der Waals surface area contributed by atoms with Crippen molar-refractivity contribution in [3.63, 3.8) is 0 Å². The second-order valence-electron chi connectivity index (χ2n) is 7.03. The highest BCUT2D eigenvalue weighted by Gasteiger charge is 2.26. The summed E-state index contributed by atoms with van der Waals surface area (Å²) in [7, 11) is 2.21. The fourth-order valence-electron chi connectivity index (χ4n) is 3.81. The Morgan fingerprint density at radius 1 is 1.04 bits per heavy atom. The molecule has 0 N–H and O–H groups in total. The van der Waals surface area contributed by atoms with E-state index in [1.165, 1.54) is 24.1 Å². The van der Waals surface area contributed by atoms with Gasteiger partial charge in [0.2, 0.25) is 5.71 Å². The molecule has 1 aromatic carbocycles. The van der Waals surface area contributed by atoms with Crippen LogP contribution in [0.4, 0.5) is 5.69 Å². The van der Waals surface area contributed by atoms with E-state index in [1.807, 2.05) is 6.92 Å². The normalized spacial score (nSPS) is 20.0. The zero-order chi connectivity index (χ0) is 16.8. The summed E-state index contributed by atoms with van der Waals surface area (Å²) in [5.74, 6) is 0. The van der Waals surface area contributed by atoms with Gasteiger partial charge in [-0.15, -0.1) is 0 Å². The maximum Gasteiger partial charge on any atom is 0.227 e. The summed E-state index contributed by atoms with van der Waals surface area (Å²) >= 11 is 0. The van der Waals surface area contributed by atoms with Crippen LogP contribution in [0.1, 0.15) is 31.0 Å². The minimum absolute atomic E-state index is 0.361. The molecular formula is C20H25N3O. The van der Waals surface area contributed by atoms with Gasteiger partial charge in [-0.3, -0.25) is 4.90 Å². The smallest absolute Gasteiger partial charge is 0.227 e. The molecule has 4 nitrogen and oxygen atoms in total. The molecule has 126 valence electrons. The zero-order valence-corrected chi connectivity index (χ0v) is 15.0. The molecule has 0 saturated carbocycles. The van der Waals surface area contributed by atoms with E-state index in [2.05, 4.69) is 59.9 Å². The summed E-state index contributed by atoms with van der Waals surface area (Å²) in [4.78, 5) is 9.51. The molecule has 3 heterocycles. The van der Waals surface area contributed by atoms with E-state index in [9.17, 15) is 0 Å². The number of aryl methyl sites for hydroxylation is 2. The molecule has 1 unspecified atom stereocenters. The Balaban J connectivity index is 1.96. The number of furan rings is 1. The van der Waals surface area contributed by atoms with Crippen LogP contribution in [-0.2, 0) is 0 Å². The Hall–Kier alpha value is -2.07. The molecule has 2 aromatic heterocycles. The van der Waals surface area contributed by atoms with E-state index < -0.39 is 0 Å². The Morgan fingerprint density at radius 2 is 1.79 bits per heavy atom. The molecular weight excluding hydrogens is 298 g/mol. The number of benzene rings is 1. The van der Waals surface area contributed by atoms with Crippen molar-refractivity contribution in [3.05, 3.63) is 35.5 Å². The number of anilines is 1. The van der Waals surface area contributed by atoms with Crippen molar-refractivity contribution in [1.29, 1.82) is 0 Å². The SMILES string of the molecule is Cc1ccc2c(n1)oc1c(N3CCCCN(C)C3C)c(C)ccc12. The molecule has 1 atom stereocenters. The van der Waals surface area contributed by atoms with E-state index in [0.717, 1.165) is 40.9 Å². The number of fused-ring (bicyclic) bond motifs is 3. The van der Waals surface area contributed by atoms with Crippen LogP contribution in [0, 0.1) is 13.8 Å². The van der Waals surface area contributed by atoms with E-state index in [0.29, 0.717) is 6.17 Å². The third-order valence-corrected chi connectivity index (χ3v) is 5.36. The van der Waals surface area contributed by atoms with Gasteiger partial charge in [0, 0.05) is 23.0 Å². The van der Waals surface area contributed by atoms with Crippen LogP contribution >= 0.6 is 0 Å². The van der Waals surface area contributed by atoms with Crippen LogP contribution < -0.4 is 4.90 Å². The third-order valence-electron chi connectivity index (χ3n) is 5.36. The Bertz CT molecular complexity index is 899. The predicted molar refractivity (Wildman–Crippen MR) is 99.7 cm³/mol. The van der Waals surface area contributed by atoms with Gasteiger partial charge >= 0.3 is 0 Å². The van der Waals surface area contributed by atoms with E-state index >= 15 is 0 Å². The summed E-state index contributed by atoms with van der Waals surface area (Å²) < 4.78 is 6.25. The van der Waals surface area contributed by atoms with Crippen molar-refractivity contribution in [1.82, 2.24) is 9.88 Å². The third kappa shape index (κ3) is 2.37. The van der Waals surface area contributed by atoms with E-state index in [1.54, 1.807) is 0 Å². The van der Waals surface area contributed by atoms with Crippen molar-refractivity contribution in [3.8, 4) is 0 Å². The highest BCUT2D eigenvalue weighted by Crippen LogP contribution is 2.38. The van der Waals surface area contributed by atoms with Gasteiger partial charge in [0.1, 0.15) is 0 Å². The van der Waals surface area contributed by atoms with Gasteiger partial charge in [0.15, 0.2) is 5.58 Å². The van der Waals surface area contributed by atoms with Gasteiger partial charge in [0.05, 0.1) is 11.9 Å². The highest BCUT2D eigenvalue weighted by atomic mass is 16.3. The van der Waals surface area contributed by atoms with Gasteiger partial charge in [-0.2, -0.15) is 0 Å². The van der Waals surface area contributed by atoms with Gasteiger partial charge in [-0.25, -0.2) is 4.98 Å². The van der Waals surface area contributed by atoms with Crippen LogP contribution in [-0.4, -0.2) is 36.2 Å². The second-order valence-corrected chi connectivity index (χ2v) is 7.03. The molecule has 3 aromatic rings. The summed E-state index contributed by atoms with van der Waals surface area (Å²) in [6.07, 6.45) is 2.81. The molecule has 4 heteroatoms. The molecule has 4 rings (SSSR count). The van der Waals surface area contributed by atoms with Gasteiger partial charge in [0.25, 0.3) is 0 Å². The first kappa shape index (κ1) is 15.5. The van der Waals surface area contributed by atoms with Crippen LogP contribution in [0.2, 0.25) is 0 Å². The average molecular weight is 323 g/mol. The molecule has 0 aliphatic carbocycles. The Morgan fingerprint density at radius 3 is 2.62 bits per heavy atom. The van der Waals surface area contributed by atoms with Gasteiger partial charge < -0.3 is 9.32 Å². The zero-order valence-electron chi connectivity index (χ0n) is 15.0. The number of rotatable bonds is 1. The topological polar surface area (TPSA) is 32.5 Å². The minimum atomic E-state index is 0.361. The number of pyridine rings is 1. The fourth-order valence-corrected chi connectivity index (χ4v) is 3.81. The summed E-state index contributed by atoms with van der Waals surface area (Å²) in [6, 6.07) is 8.56. The number of hydrogen-bond acceptors (Lipinski definition) is 4. The molecule has 1 saturated heterocycles. The predicted octanol–water partition coefficient (Wildman–Crippen LogP) is 4.48. The summed E-state index contributed by atoms with van der Waals surface area (Å²) in [6.45, 7) is 8.68. The van der Waals surface area contributed by atoms with Gasteiger partial charge in [-0.1, -0.05) is 12.1 Å². The quantitative estimate of drug-likeness (QED) is 0.661. The van der Waals surface area contributed by atoms with E-state index in [-0.39, 0.29) is 0 Å². The maximum atomic E-state index is 6.25. The van der Waals surface area contributed by atoms with Crippen LogP contribution in [0.5, 0.6) is 0 Å². The first-order valence-electron chi connectivity index (χ1n) is 8.82. The van der Waals surface area contributed by atoms with Crippen LogP contribution in [0.15, 0.2) is 28.7 Å². The number of nitrogens with zero attached hydrogens (tertiary/aromatic N) is 3. The lowest BCUT2D eigenvalue weighted by Crippen LogP contribution is -2.43. The average Bonchev–Trinajstić information content (AvgIpc) is 2.83. The standard InChI is InChI=1S/C20H25N3O/c1-13-7-9-16-17-10-8-14(2)21-20(17)24-19(16)18(13)23-12-6-5-11-22(4)15(23)3/h7-10,15H,5-6,11-12H2,1-4H3. The van der Waals surface area contributed by atoms with Crippen molar-refractivity contribution in [2.45, 2.75) is 39.8 Å². The van der Waals surface area contributed by atoms with Crippen LogP contribution in [0.25, 0.3) is 22.1 Å². The van der Waals surface area contributed by atoms with Gasteiger partial charge in [-0.05, 0) is 64.9 Å². The Kier molecular flexibility index (Phi) is 3.72. The van der Waals surface area contributed by atoms with Crippen molar-refractivity contribution in [2.75, 3.05) is 25.0 Å². The summed E-state index contributed by atoms with van der Waals surface area (Å²) in [5, 5.41) is 2.27. The molecule has 0 bridgehead atoms. The second kappa shape index (κ2) is 5.78. The summed E-state index contributed by atoms with van der Waals surface area (Å²) in [5.41, 5.74) is 5.20. The van der Waals surface area contributed by atoms with Crippen LogP contribution in [0.3, 0.4) is 0 Å². The molecule has 1 aliphatic rings. The van der Waals surface area contributed by atoms with Crippen molar-refractivity contribution in [2.24, 2.45) is 0 Å². The minimum Gasteiger partial charge on any atom is -0.436 e. The fraction of sp³-hybridized carbons (Fsp3) is 0.450. The lowest BCUT2D eigenvalue weighted by Gasteiger charge is -2.35. The first-order valence-corrected chi connectivity index (χ1v) is 8.82. The van der Waals surface area contributed by atoms with Crippen molar-refractivity contribution >= 4 is 27.8 Å². The molecule has 0 radical (unpaired) electrons. The Labute approximate surface area is 143 Å². The maximum absolute atomic E-state index is 6.25. The molecule has 24 heavy (non-hydrogen) atoms. The molecule has 1 fully saturated rings. The molecule has 0 amide bonds.